The number of carbonyl (C=O) groups is 3. The molecule has 4 aliphatic rings. The van der Waals surface area contributed by atoms with Crippen LogP contribution in [0.5, 0.6) is 0 Å². The third-order valence-corrected chi connectivity index (χ3v) is 7.25. The average Bonchev–Trinajstić information content (AvgIpc) is 3.20. The maximum Gasteiger partial charge on any atom is 0.256 e. The highest BCUT2D eigenvalue weighted by Crippen LogP contribution is 2.49. The number of piperidine rings is 2. The summed E-state index contributed by atoms with van der Waals surface area (Å²) in [6.45, 7) is 0.470. The van der Waals surface area contributed by atoms with Crippen LogP contribution in [0.1, 0.15) is 43.8 Å². The summed E-state index contributed by atoms with van der Waals surface area (Å²) in [5.41, 5.74) is 0.187. The van der Waals surface area contributed by atoms with Crippen LogP contribution in [0.2, 0.25) is 5.02 Å². The lowest BCUT2D eigenvalue weighted by atomic mass is 9.71. The van der Waals surface area contributed by atoms with Crippen LogP contribution < -0.4 is 10.6 Å². The summed E-state index contributed by atoms with van der Waals surface area (Å²) in [6, 6.07) is 4.35. The molecule has 0 unspecified atom stereocenters. The first-order chi connectivity index (χ1) is 16.1. The Hall–Kier alpha value is -2.77. The SMILES string of the molecule is N#C[C@@H](C[C@H]1CCNC1=O)NC(=O)[C@H]1[C@H]2CC[C@H](CC2(F)F)N1C(=O)[C@@H](O)c1cccc(Cl)c1. The number of aliphatic hydroxyl groups is 1. The Morgan fingerprint density at radius 3 is 2.74 bits per heavy atom. The van der Waals surface area contributed by atoms with E-state index in [0.29, 0.717) is 13.0 Å². The molecule has 3 aliphatic heterocycles. The number of fused-ring (bicyclic) bond motifs is 3. The molecule has 2 bridgehead atoms. The van der Waals surface area contributed by atoms with E-state index in [0.717, 1.165) is 4.90 Å². The zero-order valence-corrected chi connectivity index (χ0v) is 19.0. The minimum Gasteiger partial charge on any atom is -0.378 e. The highest BCUT2D eigenvalue weighted by atomic mass is 35.5. The standard InChI is InChI=1S/C23H25ClF2N4O4/c24-14-3-1-2-12(8-14)19(31)22(34)30-16-4-5-17(23(25,26)10-16)18(30)21(33)29-15(11-27)9-13-6-7-28-20(13)32/h1-3,8,13,15-19,31H,4-7,9-10H2,(H,28,32)(H,29,33)/t13-,15-,16-,17-,18-,19+/m1/s1. The molecular formula is C23H25ClF2N4O4. The van der Waals surface area contributed by atoms with Gasteiger partial charge in [-0.05, 0) is 43.4 Å². The molecule has 5 rings (SSSR count). The molecule has 4 fully saturated rings. The van der Waals surface area contributed by atoms with Crippen molar-refractivity contribution >= 4 is 29.3 Å². The van der Waals surface area contributed by atoms with E-state index >= 15 is 0 Å². The minimum atomic E-state index is -3.17. The fourth-order valence-corrected chi connectivity index (χ4v) is 5.54. The Balaban J connectivity index is 1.58. The van der Waals surface area contributed by atoms with Gasteiger partial charge in [-0.25, -0.2) is 8.78 Å². The van der Waals surface area contributed by atoms with Crippen LogP contribution in [0.25, 0.3) is 0 Å². The first-order valence-corrected chi connectivity index (χ1v) is 11.6. The molecule has 1 aromatic carbocycles. The normalized spacial score (nSPS) is 29.1. The number of aliphatic hydroxyl groups excluding tert-OH is 1. The topological polar surface area (TPSA) is 123 Å². The highest BCUT2D eigenvalue weighted by Gasteiger charge is 2.61. The Bertz CT molecular complexity index is 1030. The van der Waals surface area contributed by atoms with Crippen LogP contribution in [0.3, 0.4) is 0 Å². The van der Waals surface area contributed by atoms with Gasteiger partial charge in [-0.3, -0.25) is 14.4 Å². The number of carbonyl (C=O) groups excluding carboxylic acids is 3. The van der Waals surface area contributed by atoms with Gasteiger partial charge in [0, 0.05) is 29.9 Å². The summed E-state index contributed by atoms with van der Waals surface area (Å²) in [4.78, 5) is 39.4. The van der Waals surface area contributed by atoms with Gasteiger partial charge in [-0.15, -0.1) is 0 Å². The second-order valence-electron chi connectivity index (χ2n) is 9.15. The number of alkyl halides is 2. The van der Waals surface area contributed by atoms with Gasteiger partial charge < -0.3 is 20.6 Å². The Kier molecular flexibility index (Phi) is 6.78. The van der Waals surface area contributed by atoms with E-state index in [2.05, 4.69) is 10.6 Å². The molecule has 3 N–H and O–H groups in total. The molecule has 182 valence electrons. The molecule has 0 radical (unpaired) electrons. The average molecular weight is 495 g/mol. The predicted molar refractivity (Wildman–Crippen MR) is 116 cm³/mol. The van der Waals surface area contributed by atoms with Crippen molar-refractivity contribution in [2.45, 2.75) is 62.3 Å². The van der Waals surface area contributed by atoms with Gasteiger partial charge in [0.25, 0.3) is 11.8 Å². The molecule has 3 saturated heterocycles. The van der Waals surface area contributed by atoms with E-state index in [-0.39, 0.29) is 35.8 Å². The number of nitrogens with zero attached hydrogens (tertiary/aromatic N) is 2. The van der Waals surface area contributed by atoms with Crippen LogP contribution in [0.15, 0.2) is 24.3 Å². The summed E-state index contributed by atoms with van der Waals surface area (Å²) in [6.07, 6.45) is -1.41. The van der Waals surface area contributed by atoms with Crippen LogP contribution in [0, 0.1) is 23.2 Å². The zero-order valence-electron chi connectivity index (χ0n) is 18.2. The van der Waals surface area contributed by atoms with Crippen molar-refractivity contribution in [3.63, 3.8) is 0 Å². The first-order valence-electron chi connectivity index (χ1n) is 11.2. The van der Waals surface area contributed by atoms with E-state index < -0.39 is 60.2 Å². The van der Waals surface area contributed by atoms with Gasteiger partial charge >= 0.3 is 0 Å². The molecule has 1 aromatic rings. The molecule has 1 saturated carbocycles. The summed E-state index contributed by atoms with van der Waals surface area (Å²) < 4.78 is 29.6. The number of nitrogens with one attached hydrogen (secondary N) is 2. The highest BCUT2D eigenvalue weighted by molar-refractivity contribution is 6.30. The van der Waals surface area contributed by atoms with Crippen LogP contribution in [-0.4, -0.2) is 58.3 Å². The smallest absolute Gasteiger partial charge is 0.256 e. The summed E-state index contributed by atoms with van der Waals surface area (Å²) in [5, 5.41) is 25.6. The van der Waals surface area contributed by atoms with Gasteiger partial charge in [0.1, 0.15) is 12.1 Å². The Morgan fingerprint density at radius 1 is 1.35 bits per heavy atom. The quantitative estimate of drug-likeness (QED) is 0.557. The van der Waals surface area contributed by atoms with Gasteiger partial charge in [0.05, 0.1) is 12.0 Å². The molecule has 6 atom stereocenters. The minimum absolute atomic E-state index is 0.0368. The third-order valence-electron chi connectivity index (χ3n) is 7.01. The van der Waals surface area contributed by atoms with Crippen molar-refractivity contribution < 1.29 is 28.3 Å². The van der Waals surface area contributed by atoms with Crippen molar-refractivity contribution in [2.24, 2.45) is 11.8 Å². The van der Waals surface area contributed by atoms with Gasteiger partial charge in [-0.2, -0.15) is 5.26 Å². The lowest BCUT2D eigenvalue weighted by molar-refractivity contribution is -0.198. The maximum absolute atomic E-state index is 14.8. The predicted octanol–water partition coefficient (Wildman–Crippen LogP) is 1.92. The Morgan fingerprint density at radius 2 is 2.12 bits per heavy atom. The van der Waals surface area contributed by atoms with E-state index in [9.17, 15) is 33.5 Å². The fourth-order valence-electron chi connectivity index (χ4n) is 5.34. The van der Waals surface area contributed by atoms with Crippen LogP contribution in [-0.2, 0) is 14.4 Å². The molecule has 8 nitrogen and oxygen atoms in total. The van der Waals surface area contributed by atoms with Crippen molar-refractivity contribution in [2.75, 3.05) is 6.54 Å². The summed E-state index contributed by atoms with van der Waals surface area (Å²) >= 11 is 5.95. The van der Waals surface area contributed by atoms with E-state index in [4.69, 9.17) is 11.6 Å². The molecular weight excluding hydrogens is 470 g/mol. The lowest BCUT2D eigenvalue weighted by Crippen LogP contribution is -2.69. The third kappa shape index (κ3) is 4.59. The van der Waals surface area contributed by atoms with E-state index in [1.54, 1.807) is 12.1 Å². The number of hydrogen-bond donors (Lipinski definition) is 3. The number of hydrogen-bond acceptors (Lipinski definition) is 5. The lowest BCUT2D eigenvalue weighted by Gasteiger charge is -2.54. The molecule has 1 aliphatic carbocycles. The van der Waals surface area contributed by atoms with Crippen molar-refractivity contribution in [3.05, 3.63) is 34.9 Å². The van der Waals surface area contributed by atoms with Crippen molar-refractivity contribution in [1.29, 1.82) is 5.26 Å². The maximum atomic E-state index is 14.8. The second-order valence-corrected chi connectivity index (χ2v) is 9.59. The van der Waals surface area contributed by atoms with Crippen molar-refractivity contribution in [3.8, 4) is 6.07 Å². The van der Waals surface area contributed by atoms with Crippen LogP contribution in [0.4, 0.5) is 8.78 Å². The summed E-state index contributed by atoms with van der Waals surface area (Å²) in [5.74, 6) is -7.05. The zero-order chi connectivity index (χ0) is 24.6. The Labute approximate surface area is 200 Å². The molecule has 34 heavy (non-hydrogen) atoms. The first kappa shape index (κ1) is 24.4. The number of nitriles is 1. The van der Waals surface area contributed by atoms with E-state index in [1.807, 2.05) is 6.07 Å². The number of halogens is 3. The van der Waals surface area contributed by atoms with Gasteiger partial charge in [-0.1, -0.05) is 23.7 Å². The van der Waals surface area contributed by atoms with Gasteiger partial charge in [0.15, 0.2) is 6.10 Å². The second kappa shape index (κ2) is 9.47. The van der Waals surface area contributed by atoms with Crippen molar-refractivity contribution in [1.82, 2.24) is 15.5 Å². The van der Waals surface area contributed by atoms with Gasteiger partial charge in [0.2, 0.25) is 11.8 Å². The number of benzene rings is 1. The molecule has 0 spiro atoms. The molecule has 11 heteroatoms. The summed E-state index contributed by atoms with van der Waals surface area (Å²) in [7, 11) is 0. The van der Waals surface area contributed by atoms with Crippen LogP contribution >= 0.6 is 11.6 Å². The largest absolute Gasteiger partial charge is 0.378 e. The molecule has 3 amide bonds. The molecule has 3 heterocycles. The number of rotatable bonds is 6. The molecule has 0 aromatic heterocycles. The monoisotopic (exact) mass is 494 g/mol. The number of amides is 3. The fraction of sp³-hybridized carbons (Fsp3) is 0.565. The van der Waals surface area contributed by atoms with E-state index in [1.165, 1.54) is 12.1 Å².